The van der Waals surface area contributed by atoms with Gasteiger partial charge in [0.05, 0.1) is 44.8 Å². The quantitative estimate of drug-likeness (QED) is 0.0892. The minimum atomic E-state index is -3.58. The fourth-order valence-electron chi connectivity index (χ4n) is 3.75. The van der Waals surface area contributed by atoms with Crippen molar-refractivity contribution < 1.29 is 53.2 Å². The molecule has 0 aliphatic carbocycles. The summed E-state index contributed by atoms with van der Waals surface area (Å²) in [7, 11) is -3.58. The molecule has 0 atom stereocenters. The van der Waals surface area contributed by atoms with E-state index in [1.807, 2.05) is 0 Å². The van der Waals surface area contributed by atoms with Crippen molar-refractivity contribution in [2.75, 3.05) is 105 Å². The molecule has 0 aromatic carbocycles. The van der Waals surface area contributed by atoms with Crippen LogP contribution in [0.25, 0.3) is 0 Å². The average Bonchev–Trinajstić information content (AvgIpc) is 2.68. The Morgan fingerprint density at radius 1 is 0.562 bits per heavy atom. The molecule has 194 valence electrons. The molecule has 0 aromatic heterocycles. The Hall–Kier alpha value is -0.170. The van der Waals surface area contributed by atoms with Crippen molar-refractivity contribution in [3.8, 4) is 0 Å². The molecule has 0 fully saturated rings. The highest BCUT2D eigenvalue weighted by Crippen LogP contribution is 2.59. The summed E-state index contributed by atoms with van der Waals surface area (Å²) in [5.41, 5.74) is 0. The van der Waals surface area contributed by atoms with E-state index in [1.165, 1.54) is 0 Å². The summed E-state index contributed by atoms with van der Waals surface area (Å²) in [5.74, 6) is 0. The van der Waals surface area contributed by atoms with Gasteiger partial charge in [-0.1, -0.05) is 0 Å². The van der Waals surface area contributed by atoms with Crippen LogP contribution in [-0.4, -0.2) is 150 Å². The molecule has 0 unspecified atom stereocenters. The van der Waals surface area contributed by atoms with Crippen molar-refractivity contribution in [1.29, 1.82) is 0 Å². The number of aliphatic hydroxyl groups excluding tert-OH is 6. The van der Waals surface area contributed by atoms with Gasteiger partial charge < -0.3 is 48.7 Å². The molecule has 12 heteroatoms. The molecule has 0 saturated heterocycles. The maximum Gasteiger partial charge on any atom is 0.336 e. The topological polar surface area (TPSA) is 157 Å². The zero-order chi connectivity index (χ0) is 24.7. The van der Waals surface area contributed by atoms with Gasteiger partial charge in [0.15, 0.2) is 0 Å². The lowest BCUT2D eigenvalue weighted by Crippen LogP contribution is -2.55. The van der Waals surface area contributed by atoms with E-state index in [9.17, 15) is 35.2 Å². The van der Waals surface area contributed by atoms with Gasteiger partial charge in [0.25, 0.3) is 0 Å². The maximum absolute atomic E-state index is 13.6. The van der Waals surface area contributed by atoms with Gasteiger partial charge >= 0.3 is 7.60 Å². The highest BCUT2D eigenvalue weighted by atomic mass is 31.2. The van der Waals surface area contributed by atoms with Crippen LogP contribution >= 0.6 is 7.60 Å². The normalized spacial score (nSPS) is 13.7. The van der Waals surface area contributed by atoms with Crippen molar-refractivity contribution >= 4 is 7.60 Å². The van der Waals surface area contributed by atoms with Crippen molar-refractivity contribution in [1.82, 2.24) is 0 Å². The Bertz CT molecular complexity index is 462. The smallest absolute Gasteiger partial charge is 0.336 e. The minimum Gasteiger partial charge on any atom is -0.391 e. The molecule has 0 radical (unpaired) electrons. The van der Waals surface area contributed by atoms with Crippen molar-refractivity contribution in [3.05, 3.63) is 0 Å². The molecule has 0 bridgehead atoms. The van der Waals surface area contributed by atoms with E-state index in [0.717, 1.165) is 0 Å². The first-order valence-electron chi connectivity index (χ1n) is 11.3. The summed E-state index contributed by atoms with van der Waals surface area (Å²) in [6.07, 6.45) is 0. The van der Waals surface area contributed by atoms with E-state index in [-0.39, 0.29) is 61.8 Å². The number of hydrogen-bond acceptors (Lipinski definition) is 9. The van der Waals surface area contributed by atoms with Gasteiger partial charge in [-0.2, -0.15) is 0 Å². The van der Waals surface area contributed by atoms with Gasteiger partial charge in [-0.25, -0.2) is 0 Å². The van der Waals surface area contributed by atoms with Crippen LogP contribution in [0.5, 0.6) is 0 Å². The molecule has 0 amide bonds. The number of aliphatic hydroxyl groups is 6. The lowest BCUT2D eigenvalue weighted by Gasteiger charge is -2.39. The number of rotatable bonds is 20. The van der Waals surface area contributed by atoms with E-state index < -0.39 is 12.8 Å². The van der Waals surface area contributed by atoms with Crippen LogP contribution in [0.2, 0.25) is 0 Å². The summed E-state index contributed by atoms with van der Waals surface area (Å²) in [4.78, 5) is 0. The number of nitrogens with zero attached hydrogens (tertiary/aromatic N) is 2. The molecule has 0 heterocycles. The first-order chi connectivity index (χ1) is 15.0. The second-order valence-corrected chi connectivity index (χ2v) is 12.0. The summed E-state index contributed by atoms with van der Waals surface area (Å²) >= 11 is 0. The van der Waals surface area contributed by atoms with Gasteiger partial charge in [0.2, 0.25) is 0 Å². The third-order valence-corrected chi connectivity index (χ3v) is 8.61. The molecule has 0 aromatic rings. The van der Waals surface area contributed by atoms with Crippen molar-refractivity contribution in [3.63, 3.8) is 0 Å². The molecule has 32 heavy (non-hydrogen) atoms. The first kappa shape index (κ1) is 31.8. The Balaban J connectivity index is 5.28. The predicted molar refractivity (Wildman–Crippen MR) is 121 cm³/mol. The SMILES string of the molecule is CC(C)(C)P(=O)(OCC[N+](CCO)(CCO)CCO)OCC[N+](CCO)(CCO)CCO. The molecule has 6 N–H and O–H groups in total. The standard InChI is InChI=1S/C20H47N2O9P/c1-20(2,3)32(29,30-18-10-21(4-12-23,5-13-24)6-14-25)31-19-11-22(7-15-26,8-16-27)9-17-28/h23-28H,4-19H2,1-3H3/q+2. The van der Waals surface area contributed by atoms with E-state index in [2.05, 4.69) is 0 Å². The zero-order valence-corrected chi connectivity index (χ0v) is 21.0. The number of quaternary nitrogens is 2. The average molecular weight is 491 g/mol. The monoisotopic (exact) mass is 490 g/mol. The Morgan fingerprint density at radius 3 is 1.00 bits per heavy atom. The fraction of sp³-hybridized carbons (Fsp3) is 1.00. The Labute approximate surface area is 192 Å². The van der Waals surface area contributed by atoms with E-state index in [4.69, 9.17) is 9.05 Å². The lowest BCUT2D eigenvalue weighted by molar-refractivity contribution is -0.929. The second kappa shape index (κ2) is 15.7. The second-order valence-electron chi connectivity index (χ2n) is 9.15. The van der Waals surface area contributed by atoms with E-state index in [0.29, 0.717) is 52.4 Å². The highest BCUT2D eigenvalue weighted by molar-refractivity contribution is 7.55. The molecule has 0 aliphatic heterocycles. The maximum atomic E-state index is 13.6. The summed E-state index contributed by atoms with van der Waals surface area (Å²) in [6.45, 7) is 7.31. The van der Waals surface area contributed by atoms with Gasteiger partial charge in [0, 0.05) is 0 Å². The van der Waals surface area contributed by atoms with E-state index in [1.54, 1.807) is 20.8 Å². The minimum absolute atomic E-state index is 0.0540. The largest absolute Gasteiger partial charge is 0.391 e. The molecule has 0 saturated carbocycles. The van der Waals surface area contributed by atoms with Gasteiger partial charge in [-0.3, -0.25) is 4.57 Å². The zero-order valence-electron chi connectivity index (χ0n) is 20.1. The molecular weight excluding hydrogens is 443 g/mol. The third kappa shape index (κ3) is 10.4. The predicted octanol–water partition coefficient (Wildman–Crippen LogP) is -1.40. The molecule has 11 nitrogen and oxygen atoms in total. The van der Waals surface area contributed by atoms with Gasteiger partial charge in [0.1, 0.15) is 65.6 Å². The third-order valence-electron chi connectivity index (χ3n) is 5.92. The molecule has 0 rings (SSSR count). The fourth-order valence-corrected chi connectivity index (χ4v) is 5.24. The molecule has 0 spiro atoms. The Morgan fingerprint density at radius 2 is 0.812 bits per heavy atom. The number of hydrogen-bond donors (Lipinski definition) is 6. The van der Waals surface area contributed by atoms with Crippen molar-refractivity contribution in [2.24, 2.45) is 0 Å². The van der Waals surface area contributed by atoms with Gasteiger partial charge in [-0.05, 0) is 20.8 Å². The van der Waals surface area contributed by atoms with Gasteiger partial charge in [-0.15, -0.1) is 0 Å². The summed E-state index contributed by atoms with van der Waals surface area (Å²) in [5, 5.41) is 55.7. The lowest BCUT2D eigenvalue weighted by atomic mass is 10.3. The van der Waals surface area contributed by atoms with Crippen LogP contribution in [-0.2, 0) is 13.6 Å². The van der Waals surface area contributed by atoms with Crippen molar-refractivity contribution in [2.45, 2.75) is 25.9 Å². The molecular formula is C20H47N2O9P+2. The van der Waals surface area contributed by atoms with E-state index >= 15 is 0 Å². The highest BCUT2D eigenvalue weighted by Gasteiger charge is 2.41. The van der Waals surface area contributed by atoms with Crippen LogP contribution in [0.15, 0.2) is 0 Å². The summed E-state index contributed by atoms with van der Waals surface area (Å²) in [6, 6.07) is 0. The van der Waals surface area contributed by atoms with Crippen LogP contribution in [0.1, 0.15) is 20.8 Å². The Kier molecular flexibility index (Phi) is 15.6. The van der Waals surface area contributed by atoms with Crippen LogP contribution in [0.3, 0.4) is 0 Å². The molecule has 0 aliphatic rings. The first-order valence-corrected chi connectivity index (χ1v) is 12.8. The van der Waals surface area contributed by atoms with Crippen LogP contribution in [0.4, 0.5) is 0 Å². The van der Waals surface area contributed by atoms with Crippen LogP contribution < -0.4 is 0 Å². The van der Waals surface area contributed by atoms with Crippen LogP contribution in [0, 0.1) is 0 Å². The summed E-state index contributed by atoms with van der Waals surface area (Å²) < 4.78 is 25.7.